The first kappa shape index (κ1) is 13.1. The molecular formula is C13H10BrN3S. The minimum absolute atomic E-state index is 0.614. The first-order chi connectivity index (χ1) is 8.61. The van der Waals surface area contributed by atoms with Crippen LogP contribution in [0.25, 0.3) is 0 Å². The van der Waals surface area contributed by atoms with Gasteiger partial charge in [0.1, 0.15) is 16.1 Å². The molecule has 0 fully saturated rings. The average Bonchev–Trinajstić information content (AvgIpc) is 2.31. The molecule has 0 amide bonds. The Labute approximate surface area is 118 Å². The van der Waals surface area contributed by atoms with Crippen molar-refractivity contribution in [3.05, 3.63) is 45.7 Å². The number of rotatable bonds is 2. The molecule has 90 valence electrons. The van der Waals surface area contributed by atoms with E-state index < -0.39 is 0 Å². The molecule has 0 aliphatic rings. The maximum absolute atomic E-state index is 9.20. The summed E-state index contributed by atoms with van der Waals surface area (Å²) in [5.74, 6) is 0. The Kier molecular flexibility index (Phi) is 4.00. The summed E-state index contributed by atoms with van der Waals surface area (Å²) >= 11 is 4.85. The molecule has 0 saturated heterocycles. The quantitative estimate of drug-likeness (QED) is 0.842. The standard InChI is InChI=1S/C13H10BrN3S/c1-8-6-9(2)17-12(10(8)7-15)18-13-11(14)4-3-5-16-13/h3-6H,1-2H3. The summed E-state index contributed by atoms with van der Waals surface area (Å²) in [5, 5.41) is 10.7. The van der Waals surface area contributed by atoms with Crippen molar-refractivity contribution in [1.82, 2.24) is 9.97 Å². The third kappa shape index (κ3) is 2.71. The van der Waals surface area contributed by atoms with Gasteiger partial charge in [0.05, 0.1) is 10.0 Å². The van der Waals surface area contributed by atoms with Crippen molar-refractivity contribution in [2.24, 2.45) is 0 Å². The van der Waals surface area contributed by atoms with Gasteiger partial charge >= 0.3 is 0 Å². The van der Waals surface area contributed by atoms with E-state index in [1.807, 2.05) is 32.0 Å². The van der Waals surface area contributed by atoms with Gasteiger partial charge in [-0.3, -0.25) is 0 Å². The molecule has 18 heavy (non-hydrogen) atoms. The van der Waals surface area contributed by atoms with E-state index in [0.29, 0.717) is 10.6 Å². The molecule has 5 heteroatoms. The van der Waals surface area contributed by atoms with Crippen molar-refractivity contribution < 1.29 is 0 Å². The highest BCUT2D eigenvalue weighted by Crippen LogP contribution is 2.33. The molecule has 0 aliphatic heterocycles. The van der Waals surface area contributed by atoms with Crippen LogP contribution >= 0.6 is 27.7 Å². The molecular weight excluding hydrogens is 310 g/mol. The lowest BCUT2D eigenvalue weighted by atomic mass is 10.1. The van der Waals surface area contributed by atoms with E-state index >= 15 is 0 Å². The Morgan fingerprint density at radius 3 is 2.78 bits per heavy atom. The summed E-state index contributed by atoms with van der Waals surface area (Å²) in [6.07, 6.45) is 1.72. The van der Waals surface area contributed by atoms with Crippen LogP contribution in [0.4, 0.5) is 0 Å². The maximum atomic E-state index is 9.20. The molecule has 0 bridgehead atoms. The van der Waals surface area contributed by atoms with Gasteiger partial charge in [-0.25, -0.2) is 9.97 Å². The number of nitrogens with zero attached hydrogens (tertiary/aromatic N) is 3. The minimum Gasteiger partial charge on any atom is -0.248 e. The molecule has 0 spiro atoms. The van der Waals surface area contributed by atoms with Crippen molar-refractivity contribution in [2.45, 2.75) is 23.9 Å². The largest absolute Gasteiger partial charge is 0.248 e. The van der Waals surface area contributed by atoms with Gasteiger partial charge in [-0.2, -0.15) is 5.26 Å². The van der Waals surface area contributed by atoms with Crippen molar-refractivity contribution in [3.8, 4) is 6.07 Å². The topological polar surface area (TPSA) is 49.6 Å². The van der Waals surface area contributed by atoms with Gasteiger partial charge in [-0.05, 0) is 65.3 Å². The molecule has 3 nitrogen and oxygen atoms in total. The van der Waals surface area contributed by atoms with Crippen molar-refractivity contribution in [2.75, 3.05) is 0 Å². The lowest BCUT2D eigenvalue weighted by molar-refractivity contribution is 1.02. The number of aromatic nitrogens is 2. The first-order valence-electron chi connectivity index (χ1n) is 5.28. The van der Waals surface area contributed by atoms with Crippen LogP contribution in [-0.2, 0) is 0 Å². The Hall–Kier alpha value is -1.38. The zero-order valence-electron chi connectivity index (χ0n) is 9.94. The Balaban J connectivity index is 2.47. The highest BCUT2D eigenvalue weighted by molar-refractivity contribution is 9.10. The second-order valence-electron chi connectivity index (χ2n) is 3.76. The lowest BCUT2D eigenvalue weighted by Gasteiger charge is -2.07. The van der Waals surface area contributed by atoms with E-state index in [4.69, 9.17) is 0 Å². The van der Waals surface area contributed by atoms with E-state index in [2.05, 4.69) is 32.0 Å². The zero-order chi connectivity index (χ0) is 13.1. The predicted molar refractivity (Wildman–Crippen MR) is 74.5 cm³/mol. The van der Waals surface area contributed by atoms with Gasteiger partial charge in [0, 0.05) is 11.9 Å². The molecule has 2 rings (SSSR count). The molecule has 0 unspecified atom stereocenters. The highest BCUT2D eigenvalue weighted by Gasteiger charge is 2.12. The smallest absolute Gasteiger partial charge is 0.121 e. The normalized spacial score (nSPS) is 10.1. The molecule has 0 N–H and O–H groups in total. The van der Waals surface area contributed by atoms with Crippen molar-refractivity contribution in [3.63, 3.8) is 0 Å². The Morgan fingerprint density at radius 2 is 2.11 bits per heavy atom. The maximum Gasteiger partial charge on any atom is 0.121 e. The van der Waals surface area contributed by atoms with Gasteiger partial charge in [0.2, 0.25) is 0 Å². The van der Waals surface area contributed by atoms with Gasteiger partial charge in [0.25, 0.3) is 0 Å². The fraction of sp³-hybridized carbons (Fsp3) is 0.154. The van der Waals surface area contributed by atoms with Crippen LogP contribution in [0.2, 0.25) is 0 Å². The van der Waals surface area contributed by atoms with Gasteiger partial charge in [-0.15, -0.1) is 0 Å². The predicted octanol–water partition coefficient (Wildman–Crippen LogP) is 3.88. The SMILES string of the molecule is Cc1cc(C)c(C#N)c(Sc2ncccc2Br)n1. The summed E-state index contributed by atoms with van der Waals surface area (Å²) in [7, 11) is 0. The lowest BCUT2D eigenvalue weighted by Crippen LogP contribution is -1.94. The summed E-state index contributed by atoms with van der Waals surface area (Å²) < 4.78 is 0.903. The highest BCUT2D eigenvalue weighted by atomic mass is 79.9. The third-order valence-electron chi connectivity index (χ3n) is 2.34. The van der Waals surface area contributed by atoms with Crippen LogP contribution in [-0.4, -0.2) is 9.97 Å². The molecule has 2 aromatic heterocycles. The number of hydrogen-bond donors (Lipinski definition) is 0. The first-order valence-corrected chi connectivity index (χ1v) is 6.89. The summed E-state index contributed by atoms with van der Waals surface area (Å²) in [4.78, 5) is 8.70. The molecule has 0 atom stereocenters. The number of halogens is 1. The van der Waals surface area contributed by atoms with Crippen LogP contribution in [0, 0.1) is 25.2 Å². The van der Waals surface area contributed by atoms with Crippen molar-refractivity contribution in [1.29, 1.82) is 5.26 Å². The van der Waals surface area contributed by atoms with Gasteiger partial charge in [-0.1, -0.05) is 0 Å². The second-order valence-corrected chi connectivity index (χ2v) is 5.60. The van der Waals surface area contributed by atoms with Crippen LogP contribution in [0.1, 0.15) is 16.8 Å². The van der Waals surface area contributed by atoms with Crippen LogP contribution in [0.5, 0.6) is 0 Å². The van der Waals surface area contributed by atoms with Crippen LogP contribution < -0.4 is 0 Å². The number of pyridine rings is 2. The van der Waals surface area contributed by atoms with Crippen molar-refractivity contribution >= 4 is 27.7 Å². The Morgan fingerprint density at radius 1 is 1.33 bits per heavy atom. The molecule has 0 saturated carbocycles. The molecule has 2 heterocycles. The third-order valence-corrected chi connectivity index (χ3v) is 4.25. The summed E-state index contributed by atoms with van der Waals surface area (Å²) in [6.45, 7) is 3.84. The van der Waals surface area contributed by atoms with Crippen LogP contribution in [0.15, 0.2) is 38.9 Å². The van der Waals surface area contributed by atoms with E-state index in [0.717, 1.165) is 20.8 Å². The summed E-state index contributed by atoms with van der Waals surface area (Å²) in [5.41, 5.74) is 2.46. The van der Waals surface area contributed by atoms with Crippen LogP contribution in [0.3, 0.4) is 0 Å². The molecule has 0 radical (unpaired) electrons. The van der Waals surface area contributed by atoms with E-state index in [9.17, 15) is 5.26 Å². The summed E-state index contributed by atoms with van der Waals surface area (Å²) in [6, 6.07) is 7.89. The number of nitriles is 1. The monoisotopic (exact) mass is 319 g/mol. The van der Waals surface area contributed by atoms with E-state index in [1.54, 1.807) is 6.20 Å². The number of aryl methyl sites for hydroxylation is 2. The van der Waals surface area contributed by atoms with E-state index in [-0.39, 0.29) is 0 Å². The second kappa shape index (κ2) is 5.51. The van der Waals surface area contributed by atoms with E-state index in [1.165, 1.54) is 11.8 Å². The fourth-order valence-electron chi connectivity index (χ4n) is 1.55. The molecule has 0 aromatic carbocycles. The zero-order valence-corrected chi connectivity index (χ0v) is 12.3. The Bertz CT molecular complexity index is 635. The average molecular weight is 320 g/mol. The number of hydrogen-bond acceptors (Lipinski definition) is 4. The van der Waals surface area contributed by atoms with Gasteiger partial charge in [0.15, 0.2) is 0 Å². The molecule has 0 aliphatic carbocycles. The minimum atomic E-state index is 0.614. The fourth-order valence-corrected chi connectivity index (χ4v) is 3.01. The van der Waals surface area contributed by atoms with Gasteiger partial charge < -0.3 is 0 Å². The molecule has 2 aromatic rings.